The number of hydrogen-bond acceptors (Lipinski definition) is 3. The van der Waals surface area contributed by atoms with Crippen molar-refractivity contribution >= 4 is 43.2 Å². The minimum Gasteiger partial charge on any atom is -0.305 e. The summed E-state index contributed by atoms with van der Waals surface area (Å²) in [6.45, 7) is 3.62. The molecule has 0 N–H and O–H groups in total. The van der Waals surface area contributed by atoms with Crippen LogP contribution in [0, 0.1) is 0 Å². The molecule has 0 aromatic heterocycles. The lowest BCUT2D eigenvalue weighted by atomic mass is 10.1. The van der Waals surface area contributed by atoms with Crippen LogP contribution in [0.3, 0.4) is 0 Å². The molecule has 26 heavy (non-hydrogen) atoms. The van der Waals surface area contributed by atoms with Crippen LogP contribution in [0.15, 0.2) is 46.9 Å². The largest absolute Gasteiger partial charge is 0.305 e. The lowest BCUT2D eigenvalue weighted by Gasteiger charge is -2.24. The summed E-state index contributed by atoms with van der Waals surface area (Å²) in [5.74, 6) is -0.115. The molecule has 1 atom stereocenters. The molecular weight excluding hydrogens is 416 g/mol. The van der Waals surface area contributed by atoms with Crippen LogP contribution in [0.5, 0.6) is 0 Å². The highest BCUT2D eigenvalue weighted by atomic mass is 79.9. The van der Waals surface area contributed by atoms with E-state index in [0.29, 0.717) is 11.3 Å². The lowest BCUT2D eigenvalue weighted by molar-refractivity contribution is 0.0981. The van der Waals surface area contributed by atoms with Crippen molar-refractivity contribution in [3.63, 3.8) is 0 Å². The van der Waals surface area contributed by atoms with Gasteiger partial charge in [-0.05, 0) is 62.2 Å². The summed E-state index contributed by atoms with van der Waals surface area (Å²) in [5, 5.41) is 0. The van der Waals surface area contributed by atoms with Gasteiger partial charge in [-0.25, -0.2) is 8.42 Å². The van der Waals surface area contributed by atoms with Gasteiger partial charge >= 0.3 is 0 Å². The van der Waals surface area contributed by atoms with Crippen molar-refractivity contribution < 1.29 is 13.2 Å². The molecular formula is C19H21BrN2O3S. The molecule has 1 aliphatic heterocycles. The number of carbonyl (C=O) groups is 1. The maximum absolute atomic E-state index is 13.1. The van der Waals surface area contributed by atoms with Gasteiger partial charge in [0.05, 0.1) is 11.4 Å². The molecule has 0 spiro atoms. The normalized spacial score (nSPS) is 16.5. The molecule has 3 rings (SSSR count). The van der Waals surface area contributed by atoms with Crippen molar-refractivity contribution in [2.45, 2.75) is 26.3 Å². The molecule has 0 bridgehead atoms. The van der Waals surface area contributed by atoms with Gasteiger partial charge in [0.25, 0.3) is 5.91 Å². The molecule has 7 heteroatoms. The van der Waals surface area contributed by atoms with Crippen molar-refractivity contribution in [3.05, 3.63) is 58.1 Å². The van der Waals surface area contributed by atoms with Crippen LogP contribution in [0.2, 0.25) is 0 Å². The number of fused-ring (bicyclic) bond motifs is 1. The summed E-state index contributed by atoms with van der Waals surface area (Å²) < 4.78 is 26.4. The van der Waals surface area contributed by atoms with Gasteiger partial charge < -0.3 is 4.90 Å². The van der Waals surface area contributed by atoms with E-state index in [1.54, 1.807) is 36.1 Å². The summed E-state index contributed by atoms with van der Waals surface area (Å²) in [6.07, 6.45) is 0.796. The van der Waals surface area contributed by atoms with E-state index in [9.17, 15) is 13.2 Å². The second-order valence-corrected chi connectivity index (χ2v) is 9.62. The zero-order valence-electron chi connectivity index (χ0n) is 14.9. The average molecular weight is 437 g/mol. The first-order valence-electron chi connectivity index (χ1n) is 8.43. The molecule has 0 saturated carbocycles. The quantitative estimate of drug-likeness (QED) is 0.731. The number of halogens is 1. The maximum Gasteiger partial charge on any atom is 0.258 e. The van der Waals surface area contributed by atoms with E-state index in [1.165, 1.54) is 11.4 Å². The number of benzene rings is 2. The molecule has 0 fully saturated rings. The summed E-state index contributed by atoms with van der Waals surface area (Å²) in [6, 6.07) is 12.7. The van der Waals surface area contributed by atoms with Crippen LogP contribution in [0.4, 0.5) is 11.4 Å². The van der Waals surface area contributed by atoms with Gasteiger partial charge in [0.15, 0.2) is 0 Å². The van der Waals surface area contributed by atoms with E-state index in [0.717, 1.165) is 22.1 Å². The Balaban J connectivity index is 1.96. The van der Waals surface area contributed by atoms with E-state index in [-0.39, 0.29) is 17.7 Å². The van der Waals surface area contributed by atoms with Gasteiger partial charge in [-0.3, -0.25) is 9.10 Å². The molecule has 0 aliphatic carbocycles. The zero-order chi connectivity index (χ0) is 19.1. The van der Waals surface area contributed by atoms with Crippen molar-refractivity contribution in [1.82, 2.24) is 0 Å². The smallest absolute Gasteiger partial charge is 0.258 e. The highest BCUT2D eigenvalue weighted by Crippen LogP contribution is 2.35. The molecule has 1 amide bonds. The molecule has 1 heterocycles. The van der Waals surface area contributed by atoms with E-state index in [1.807, 2.05) is 25.1 Å². The monoisotopic (exact) mass is 436 g/mol. The summed E-state index contributed by atoms with van der Waals surface area (Å²) in [4.78, 5) is 14.9. The number of rotatable bonds is 4. The van der Waals surface area contributed by atoms with Gasteiger partial charge in [-0.1, -0.05) is 22.0 Å². The van der Waals surface area contributed by atoms with E-state index >= 15 is 0 Å². The lowest BCUT2D eigenvalue weighted by Crippen LogP contribution is -2.36. The van der Waals surface area contributed by atoms with Crippen LogP contribution >= 0.6 is 15.9 Å². The molecule has 0 saturated heterocycles. The average Bonchev–Trinajstić information content (AvgIpc) is 2.95. The Morgan fingerprint density at radius 3 is 2.69 bits per heavy atom. The van der Waals surface area contributed by atoms with Crippen molar-refractivity contribution in [1.29, 1.82) is 0 Å². The van der Waals surface area contributed by atoms with Crippen LogP contribution in [0.25, 0.3) is 0 Å². The number of sulfonamides is 1. The first kappa shape index (κ1) is 18.9. The molecule has 138 valence electrons. The predicted molar refractivity (Wildman–Crippen MR) is 108 cm³/mol. The van der Waals surface area contributed by atoms with Crippen LogP contribution < -0.4 is 9.21 Å². The van der Waals surface area contributed by atoms with E-state index < -0.39 is 10.0 Å². The number of carbonyl (C=O) groups excluding carboxylic acids is 1. The second kappa shape index (κ2) is 7.04. The summed E-state index contributed by atoms with van der Waals surface area (Å²) >= 11 is 3.47. The molecule has 5 nitrogen and oxygen atoms in total. The van der Waals surface area contributed by atoms with Crippen molar-refractivity contribution in [2.75, 3.05) is 22.0 Å². The van der Waals surface area contributed by atoms with E-state index in [2.05, 4.69) is 15.9 Å². The Hall–Kier alpha value is -1.86. The van der Waals surface area contributed by atoms with Gasteiger partial charge in [-0.15, -0.1) is 0 Å². The van der Waals surface area contributed by atoms with Crippen LogP contribution in [-0.4, -0.2) is 33.2 Å². The number of nitrogens with zero attached hydrogens (tertiary/aromatic N) is 2. The Bertz CT molecular complexity index is 959. The number of hydrogen-bond donors (Lipinski definition) is 0. The SMILES string of the molecule is CCS(=O)(=O)N(C)c1cccc(C(=O)N2c3ccc(Br)cc3C[C@@H]2C)c1. The van der Waals surface area contributed by atoms with Gasteiger partial charge in [0.1, 0.15) is 0 Å². The fourth-order valence-corrected chi connectivity index (χ4v) is 4.47. The minimum absolute atomic E-state index is 0.00703. The van der Waals surface area contributed by atoms with Crippen molar-refractivity contribution in [2.24, 2.45) is 0 Å². The van der Waals surface area contributed by atoms with Gasteiger partial charge in [0, 0.05) is 28.8 Å². The third kappa shape index (κ3) is 3.38. The number of amides is 1. The second-order valence-electron chi connectivity index (χ2n) is 6.42. The molecule has 0 unspecified atom stereocenters. The molecule has 2 aromatic carbocycles. The summed E-state index contributed by atoms with van der Waals surface area (Å²) in [5.41, 5.74) is 3.00. The highest BCUT2D eigenvalue weighted by Gasteiger charge is 2.32. The molecule has 2 aromatic rings. The first-order chi connectivity index (χ1) is 12.2. The van der Waals surface area contributed by atoms with Gasteiger partial charge in [-0.2, -0.15) is 0 Å². The van der Waals surface area contributed by atoms with E-state index in [4.69, 9.17) is 0 Å². The fourth-order valence-electron chi connectivity index (χ4n) is 3.24. The maximum atomic E-state index is 13.1. The van der Waals surface area contributed by atoms with Crippen molar-refractivity contribution in [3.8, 4) is 0 Å². The zero-order valence-corrected chi connectivity index (χ0v) is 17.3. The standard InChI is InChI=1S/C19H21BrN2O3S/c1-4-26(24,25)21(3)17-7-5-6-14(12-17)19(23)22-13(2)10-15-11-16(20)8-9-18(15)22/h5-9,11-13H,4,10H2,1-3H3/t13-/m0/s1. The molecule has 1 aliphatic rings. The van der Waals surface area contributed by atoms with Gasteiger partial charge in [0.2, 0.25) is 10.0 Å². The Morgan fingerprint density at radius 2 is 2.00 bits per heavy atom. The Kier molecular flexibility index (Phi) is 5.12. The topological polar surface area (TPSA) is 57.7 Å². The Morgan fingerprint density at radius 1 is 1.27 bits per heavy atom. The first-order valence-corrected chi connectivity index (χ1v) is 10.8. The van der Waals surface area contributed by atoms with Crippen LogP contribution in [0.1, 0.15) is 29.8 Å². The molecule has 0 radical (unpaired) electrons. The predicted octanol–water partition coefficient (Wildman–Crippen LogP) is 3.83. The number of anilines is 2. The highest BCUT2D eigenvalue weighted by molar-refractivity contribution is 9.10. The summed E-state index contributed by atoms with van der Waals surface area (Å²) in [7, 11) is -1.87. The Labute approximate surface area is 162 Å². The minimum atomic E-state index is -3.37. The fraction of sp³-hybridized carbons (Fsp3) is 0.316. The third-order valence-corrected chi connectivity index (χ3v) is 6.98. The van der Waals surface area contributed by atoms with Crippen LogP contribution in [-0.2, 0) is 16.4 Å². The third-order valence-electron chi connectivity index (χ3n) is 4.71.